The minimum Gasteiger partial charge on any atom is -0.387 e. The van der Waals surface area contributed by atoms with E-state index in [-0.39, 0.29) is 18.1 Å². The lowest BCUT2D eigenvalue weighted by atomic mass is 10.1. The Kier molecular flexibility index (Phi) is 3.96. The van der Waals surface area contributed by atoms with Gasteiger partial charge in [-0.05, 0) is 5.56 Å². The summed E-state index contributed by atoms with van der Waals surface area (Å²) in [5, 5.41) is 22.6. The standard InChI is InChI=1S/C10H12N2O4/c1-7(13)11-6-10(14)8-3-2-4-9(5-8)12(15)16/h2-5,10,14H,6H2,1H3,(H,11,13)/t10-/m0/s1. The van der Waals surface area contributed by atoms with Crippen molar-refractivity contribution in [2.24, 2.45) is 0 Å². The number of carbonyl (C=O) groups is 1. The zero-order chi connectivity index (χ0) is 12.1. The molecule has 6 nitrogen and oxygen atoms in total. The molecule has 1 aromatic carbocycles. The third-order valence-corrected chi connectivity index (χ3v) is 2.01. The molecular weight excluding hydrogens is 212 g/mol. The quantitative estimate of drug-likeness (QED) is 0.583. The molecule has 86 valence electrons. The zero-order valence-electron chi connectivity index (χ0n) is 8.71. The number of nitrogens with zero attached hydrogens (tertiary/aromatic N) is 1. The SMILES string of the molecule is CC(=O)NC[C@H](O)c1cccc([N+](=O)[O-])c1. The van der Waals surface area contributed by atoms with Crippen LogP contribution < -0.4 is 5.32 Å². The van der Waals surface area contributed by atoms with Gasteiger partial charge in [-0.25, -0.2) is 0 Å². The van der Waals surface area contributed by atoms with Crippen LogP contribution in [0.1, 0.15) is 18.6 Å². The summed E-state index contributed by atoms with van der Waals surface area (Å²) in [6.45, 7) is 1.37. The molecule has 1 atom stereocenters. The molecule has 0 aromatic heterocycles. The number of carbonyl (C=O) groups excluding carboxylic acids is 1. The molecule has 0 fully saturated rings. The van der Waals surface area contributed by atoms with Crippen molar-refractivity contribution in [1.82, 2.24) is 5.32 Å². The number of non-ortho nitro benzene ring substituents is 1. The Morgan fingerprint density at radius 1 is 1.62 bits per heavy atom. The van der Waals surface area contributed by atoms with E-state index in [1.54, 1.807) is 6.07 Å². The van der Waals surface area contributed by atoms with Gasteiger partial charge in [-0.15, -0.1) is 0 Å². The maximum atomic E-state index is 10.6. The summed E-state index contributed by atoms with van der Waals surface area (Å²) in [6.07, 6.45) is -0.941. The third kappa shape index (κ3) is 3.32. The molecule has 16 heavy (non-hydrogen) atoms. The zero-order valence-corrected chi connectivity index (χ0v) is 8.71. The Morgan fingerprint density at radius 3 is 2.88 bits per heavy atom. The lowest BCUT2D eigenvalue weighted by molar-refractivity contribution is -0.385. The van der Waals surface area contributed by atoms with Crippen LogP contribution in [-0.2, 0) is 4.79 Å². The van der Waals surface area contributed by atoms with Crippen LogP contribution in [-0.4, -0.2) is 22.5 Å². The predicted octanol–water partition coefficient (Wildman–Crippen LogP) is 0.764. The first-order valence-electron chi connectivity index (χ1n) is 4.67. The highest BCUT2D eigenvalue weighted by atomic mass is 16.6. The van der Waals surface area contributed by atoms with Gasteiger partial charge in [0.25, 0.3) is 5.69 Å². The first kappa shape index (κ1) is 12.1. The van der Waals surface area contributed by atoms with Gasteiger partial charge in [-0.3, -0.25) is 14.9 Å². The van der Waals surface area contributed by atoms with Gasteiger partial charge in [0.05, 0.1) is 11.0 Å². The molecular formula is C10H12N2O4. The molecule has 0 unspecified atom stereocenters. The topological polar surface area (TPSA) is 92.5 Å². The van der Waals surface area contributed by atoms with Crippen molar-refractivity contribution in [3.8, 4) is 0 Å². The van der Waals surface area contributed by atoms with Gasteiger partial charge in [0, 0.05) is 25.6 Å². The minimum absolute atomic E-state index is 0.0382. The van der Waals surface area contributed by atoms with Crippen LogP contribution in [0.2, 0.25) is 0 Å². The first-order chi connectivity index (χ1) is 7.50. The Hall–Kier alpha value is -1.95. The van der Waals surface area contributed by atoms with E-state index in [2.05, 4.69) is 5.32 Å². The van der Waals surface area contributed by atoms with Crippen LogP contribution in [0.3, 0.4) is 0 Å². The minimum atomic E-state index is -0.941. The van der Waals surface area contributed by atoms with E-state index in [1.807, 2.05) is 0 Å². The van der Waals surface area contributed by atoms with Crippen LogP contribution in [0, 0.1) is 10.1 Å². The average Bonchev–Trinajstić information content (AvgIpc) is 2.26. The van der Waals surface area contributed by atoms with E-state index >= 15 is 0 Å². The second-order valence-corrected chi connectivity index (χ2v) is 3.30. The van der Waals surface area contributed by atoms with Gasteiger partial charge in [-0.1, -0.05) is 12.1 Å². The lowest BCUT2D eigenvalue weighted by Gasteiger charge is -2.10. The predicted molar refractivity (Wildman–Crippen MR) is 56.7 cm³/mol. The van der Waals surface area contributed by atoms with Crippen LogP contribution in [0.4, 0.5) is 5.69 Å². The smallest absolute Gasteiger partial charge is 0.269 e. The highest BCUT2D eigenvalue weighted by Gasteiger charge is 2.12. The maximum absolute atomic E-state index is 10.6. The van der Waals surface area contributed by atoms with E-state index in [0.29, 0.717) is 5.56 Å². The van der Waals surface area contributed by atoms with Crippen LogP contribution in [0.5, 0.6) is 0 Å². The number of hydrogen-bond donors (Lipinski definition) is 2. The van der Waals surface area contributed by atoms with E-state index < -0.39 is 11.0 Å². The molecule has 0 bridgehead atoms. The molecule has 6 heteroatoms. The number of aliphatic hydroxyl groups excluding tert-OH is 1. The van der Waals surface area contributed by atoms with Gasteiger partial charge in [0.1, 0.15) is 0 Å². The number of amides is 1. The van der Waals surface area contributed by atoms with E-state index in [1.165, 1.54) is 25.1 Å². The van der Waals surface area contributed by atoms with Crippen molar-refractivity contribution in [2.45, 2.75) is 13.0 Å². The van der Waals surface area contributed by atoms with Crippen molar-refractivity contribution in [1.29, 1.82) is 0 Å². The molecule has 0 saturated carbocycles. The molecule has 2 N–H and O–H groups in total. The highest BCUT2D eigenvalue weighted by Crippen LogP contribution is 2.18. The second-order valence-electron chi connectivity index (χ2n) is 3.30. The molecule has 0 aliphatic heterocycles. The fourth-order valence-corrected chi connectivity index (χ4v) is 1.20. The molecule has 1 rings (SSSR count). The monoisotopic (exact) mass is 224 g/mol. The van der Waals surface area contributed by atoms with Gasteiger partial charge in [-0.2, -0.15) is 0 Å². The fraction of sp³-hybridized carbons (Fsp3) is 0.300. The Labute approximate surface area is 92.0 Å². The second kappa shape index (κ2) is 5.22. The van der Waals surface area contributed by atoms with Gasteiger partial charge >= 0.3 is 0 Å². The molecule has 1 amide bonds. The van der Waals surface area contributed by atoms with Crippen molar-refractivity contribution >= 4 is 11.6 Å². The molecule has 0 spiro atoms. The third-order valence-electron chi connectivity index (χ3n) is 2.01. The number of nitro groups is 1. The number of nitro benzene ring substituents is 1. The van der Waals surface area contributed by atoms with Crippen molar-refractivity contribution in [3.63, 3.8) is 0 Å². The molecule has 0 aliphatic rings. The Balaban J connectivity index is 2.75. The van der Waals surface area contributed by atoms with Crippen LogP contribution in [0.15, 0.2) is 24.3 Å². The average molecular weight is 224 g/mol. The lowest BCUT2D eigenvalue weighted by Crippen LogP contribution is -2.25. The fourth-order valence-electron chi connectivity index (χ4n) is 1.20. The number of hydrogen-bond acceptors (Lipinski definition) is 4. The molecule has 0 heterocycles. The largest absolute Gasteiger partial charge is 0.387 e. The summed E-state index contributed by atoms with van der Waals surface area (Å²) in [7, 11) is 0. The van der Waals surface area contributed by atoms with E-state index in [9.17, 15) is 20.0 Å². The number of rotatable bonds is 4. The Morgan fingerprint density at radius 2 is 2.31 bits per heavy atom. The van der Waals surface area contributed by atoms with E-state index in [4.69, 9.17) is 0 Å². The summed E-state index contributed by atoms with van der Waals surface area (Å²) >= 11 is 0. The summed E-state index contributed by atoms with van der Waals surface area (Å²) < 4.78 is 0. The summed E-state index contributed by atoms with van der Waals surface area (Å²) in [5.74, 6) is -0.260. The van der Waals surface area contributed by atoms with Crippen LogP contribution >= 0.6 is 0 Å². The normalized spacial score (nSPS) is 11.9. The van der Waals surface area contributed by atoms with Gasteiger partial charge in [0.2, 0.25) is 5.91 Å². The summed E-state index contributed by atoms with van der Waals surface area (Å²) in [4.78, 5) is 20.6. The molecule has 1 aromatic rings. The van der Waals surface area contributed by atoms with Gasteiger partial charge < -0.3 is 10.4 Å². The van der Waals surface area contributed by atoms with Crippen molar-refractivity contribution in [2.75, 3.05) is 6.54 Å². The number of benzene rings is 1. The first-order valence-corrected chi connectivity index (χ1v) is 4.67. The number of nitrogens with one attached hydrogen (secondary N) is 1. The maximum Gasteiger partial charge on any atom is 0.269 e. The number of aliphatic hydroxyl groups is 1. The van der Waals surface area contributed by atoms with Crippen molar-refractivity contribution < 1.29 is 14.8 Å². The molecule has 0 radical (unpaired) electrons. The molecule has 0 aliphatic carbocycles. The van der Waals surface area contributed by atoms with E-state index in [0.717, 1.165) is 0 Å². The highest BCUT2D eigenvalue weighted by molar-refractivity contribution is 5.72. The summed E-state index contributed by atoms with van der Waals surface area (Å²) in [6, 6.07) is 5.69. The van der Waals surface area contributed by atoms with Gasteiger partial charge in [0.15, 0.2) is 0 Å². The Bertz CT molecular complexity index is 406. The molecule has 0 saturated heterocycles. The summed E-state index contributed by atoms with van der Waals surface area (Å²) in [5.41, 5.74) is 0.322. The van der Waals surface area contributed by atoms with Crippen LogP contribution in [0.25, 0.3) is 0 Å². The van der Waals surface area contributed by atoms with Crippen molar-refractivity contribution in [3.05, 3.63) is 39.9 Å².